The molecule has 0 aliphatic heterocycles. The average molecular weight is 287 g/mol. The zero-order valence-corrected chi connectivity index (χ0v) is 11.6. The van der Waals surface area contributed by atoms with E-state index in [1.165, 1.54) is 6.20 Å². The monoisotopic (exact) mass is 287 g/mol. The summed E-state index contributed by atoms with van der Waals surface area (Å²) in [4.78, 5) is 0.158. The van der Waals surface area contributed by atoms with Crippen LogP contribution in [0.4, 0.5) is 5.69 Å². The number of hydrogen-bond donors (Lipinski definition) is 2. The fraction of sp³-hybridized carbons (Fsp3) is 0.0714. The van der Waals surface area contributed by atoms with E-state index in [0.29, 0.717) is 11.4 Å². The predicted molar refractivity (Wildman–Crippen MR) is 78.1 cm³/mol. The number of aryl methyl sites for hydroxylation is 1. The van der Waals surface area contributed by atoms with Crippen LogP contribution < -0.4 is 4.72 Å². The van der Waals surface area contributed by atoms with Crippen molar-refractivity contribution in [1.29, 1.82) is 0 Å². The number of nitrogens with one attached hydrogen (secondary N) is 2. The van der Waals surface area contributed by atoms with Gasteiger partial charge in [-0.25, -0.2) is 8.42 Å². The maximum absolute atomic E-state index is 12.2. The van der Waals surface area contributed by atoms with Gasteiger partial charge in [-0.15, -0.1) is 0 Å². The van der Waals surface area contributed by atoms with E-state index in [1.807, 2.05) is 36.4 Å². The molecule has 2 N–H and O–H groups in total. The third kappa shape index (κ3) is 2.25. The van der Waals surface area contributed by atoms with Crippen molar-refractivity contribution in [2.75, 3.05) is 4.72 Å². The lowest BCUT2D eigenvalue weighted by Gasteiger charge is -2.08. The van der Waals surface area contributed by atoms with Crippen molar-refractivity contribution in [3.8, 4) is 0 Å². The Morgan fingerprint density at radius 1 is 1.10 bits per heavy atom. The van der Waals surface area contributed by atoms with Gasteiger partial charge in [0.05, 0.1) is 11.9 Å². The van der Waals surface area contributed by atoms with E-state index in [1.54, 1.807) is 13.0 Å². The van der Waals surface area contributed by atoms with E-state index in [4.69, 9.17) is 0 Å². The molecule has 2 aromatic carbocycles. The fourth-order valence-electron chi connectivity index (χ4n) is 2.07. The smallest absolute Gasteiger partial charge is 0.265 e. The van der Waals surface area contributed by atoms with Crippen molar-refractivity contribution in [3.63, 3.8) is 0 Å². The molecule has 3 aromatic rings. The van der Waals surface area contributed by atoms with Crippen LogP contribution in [0.15, 0.2) is 53.6 Å². The summed E-state index contributed by atoms with van der Waals surface area (Å²) in [6, 6.07) is 13.2. The minimum absolute atomic E-state index is 0.158. The molecule has 0 atom stereocenters. The first-order chi connectivity index (χ1) is 9.56. The molecule has 102 valence electrons. The van der Waals surface area contributed by atoms with E-state index in [-0.39, 0.29) is 4.90 Å². The molecule has 1 aromatic heterocycles. The van der Waals surface area contributed by atoms with Crippen molar-refractivity contribution in [2.45, 2.75) is 11.8 Å². The molecule has 0 aliphatic rings. The first-order valence-corrected chi connectivity index (χ1v) is 7.56. The maximum atomic E-state index is 12.2. The highest BCUT2D eigenvalue weighted by Crippen LogP contribution is 2.22. The summed E-state index contributed by atoms with van der Waals surface area (Å²) in [5.74, 6) is 0. The summed E-state index contributed by atoms with van der Waals surface area (Å²) in [6.45, 7) is 1.67. The third-order valence-electron chi connectivity index (χ3n) is 3.07. The van der Waals surface area contributed by atoms with Crippen LogP contribution in [0.1, 0.15) is 5.69 Å². The predicted octanol–water partition coefficient (Wildman–Crippen LogP) is 2.67. The molecule has 0 fully saturated rings. The Bertz CT molecular complexity index is 869. The number of anilines is 1. The second-order valence-corrected chi connectivity index (χ2v) is 6.18. The number of fused-ring (bicyclic) bond motifs is 1. The van der Waals surface area contributed by atoms with Gasteiger partial charge in [0, 0.05) is 5.69 Å². The number of nitrogens with zero attached hydrogens (tertiary/aromatic N) is 1. The van der Waals surface area contributed by atoms with Gasteiger partial charge in [-0.05, 0) is 29.8 Å². The lowest BCUT2D eigenvalue weighted by atomic mass is 10.1. The second-order valence-electron chi connectivity index (χ2n) is 4.53. The Balaban J connectivity index is 1.99. The minimum Gasteiger partial charge on any atom is -0.281 e. The Morgan fingerprint density at radius 3 is 2.55 bits per heavy atom. The van der Waals surface area contributed by atoms with Gasteiger partial charge in [-0.3, -0.25) is 9.82 Å². The quantitative estimate of drug-likeness (QED) is 0.777. The molecule has 20 heavy (non-hydrogen) atoms. The lowest BCUT2D eigenvalue weighted by molar-refractivity contribution is 0.600. The van der Waals surface area contributed by atoms with E-state index in [2.05, 4.69) is 14.9 Å². The van der Waals surface area contributed by atoms with Gasteiger partial charge in [0.25, 0.3) is 10.0 Å². The van der Waals surface area contributed by atoms with Crippen LogP contribution >= 0.6 is 0 Å². The third-order valence-corrected chi connectivity index (χ3v) is 4.57. The summed E-state index contributed by atoms with van der Waals surface area (Å²) >= 11 is 0. The first-order valence-electron chi connectivity index (χ1n) is 6.08. The molecule has 5 nitrogen and oxygen atoms in total. The van der Waals surface area contributed by atoms with E-state index in [9.17, 15) is 8.42 Å². The normalized spacial score (nSPS) is 11.7. The first kappa shape index (κ1) is 12.7. The highest BCUT2D eigenvalue weighted by atomic mass is 32.2. The van der Waals surface area contributed by atoms with Crippen molar-refractivity contribution in [1.82, 2.24) is 10.2 Å². The van der Waals surface area contributed by atoms with Gasteiger partial charge in [0.15, 0.2) is 0 Å². The highest BCUT2D eigenvalue weighted by molar-refractivity contribution is 7.92. The molecule has 6 heteroatoms. The van der Waals surface area contributed by atoms with Crippen LogP contribution in [0.25, 0.3) is 10.8 Å². The van der Waals surface area contributed by atoms with Crippen LogP contribution in [-0.2, 0) is 10.0 Å². The number of aromatic amines is 1. The van der Waals surface area contributed by atoms with Gasteiger partial charge >= 0.3 is 0 Å². The number of sulfonamides is 1. The van der Waals surface area contributed by atoms with Gasteiger partial charge in [-0.2, -0.15) is 5.10 Å². The Labute approximate surface area is 116 Å². The largest absolute Gasteiger partial charge is 0.281 e. The minimum atomic E-state index is -3.61. The molecule has 0 bridgehead atoms. The fourth-order valence-corrected chi connectivity index (χ4v) is 3.26. The number of benzene rings is 2. The van der Waals surface area contributed by atoms with Crippen molar-refractivity contribution in [3.05, 3.63) is 54.4 Å². The summed E-state index contributed by atoms with van der Waals surface area (Å²) in [7, 11) is -3.61. The molecular weight excluding hydrogens is 274 g/mol. The summed E-state index contributed by atoms with van der Waals surface area (Å²) in [6.07, 6.45) is 1.30. The van der Waals surface area contributed by atoms with Crippen molar-refractivity contribution in [2.24, 2.45) is 0 Å². The molecule has 0 unspecified atom stereocenters. The molecule has 0 radical (unpaired) electrons. The number of aromatic nitrogens is 2. The lowest BCUT2D eigenvalue weighted by Crippen LogP contribution is -2.13. The van der Waals surface area contributed by atoms with Crippen LogP contribution in [0.3, 0.4) is 0 Å². The van der Waals surface area contributed by atoms with Crippen LogP contribution in [0, 0.1) is 6.92 Å². The number of hydrogen-bond acceptors (Lipinski definition) is 3. The zero-order valence-electron chi connectivity index (χ0n) is 10.8. The standard InChI is InChI=1S/C14H13N3O2S/c1-10-14(9-15-16-10)20(18,19)17-13-7-6-11-4-2-3-5-12(11)8-13/h2-9,17H,1H3,(H,15,16). The maximum Gasteiger partial charge on any atom is 0.265 e. The summed E-state index contributed by atoms with van der Waals surface area (Å²) < 4.78 is 27.1. The molecule has 0 amide bonds. The van der Waals surface area contributed by atoms with Gasteiger partial charge in [0.2, 0.25) is 0 Å². The summed E-state index contributed by atoms with van der Waals surface area (Å²) in [5.41, 5.74) is 1.04. The molecule has 1 heterocycles. The average Bonchev–Trinajstić information content (AvgIpc) is 2.85. The zero-order chi connectivity index (χ0) is 14.2. The summed E-state index contributed by atoms with van der Waals surface area (Å²) in [5, 5.41) is 8.40. The van der Waals surface area contributed by atoms with Gasteiger partial charge in [-0.1, -0.05) is 30.3 Å². The molecule has 3 rings (SSSR count). The van der Waals surface area contributed by atoms with Crippen molar-refractivity contribution >= 4 is 26.5 Å². The molecule has 0 aliphatic carbocycles. The number of rotatable bonds is 3. The van der Waals surface area contributed by atoms with Gasteiger partial charge in [0.1, 0.15) is 4.90 Å². The Kier molecular flexibility index (Phi) is 2.94. The number of H-pyrrole nitrogens is 1. The van der Waals surface area contributed by atoms with E-state index >= 15 is 0 Å². The molecular formula is C14H13N3O2S. The van der Waals surface area contributed by atoms with Crippen LogP contribution in [0.5, 0.6) is 0 Å². The topological polar surface area (TPSA) is 74.8 Å². The SMILES string of the molecule is Cc1[nH]ncc1S(=O)(=O)Nc1ccc2ccccc2c1. The Morgan fingerprint density at radius 2 is 1.85 bits per heavy atom. The second kappa shape index (κ2) is 4.64. The van der Waals surface area contributed by atoms with E-state index < -0.39 is 10.0 Å². The molecule has 0 saturated carbocycles. The Hall–Kier alpha value is -2.34. The van der Waals surface area contributed by atoms with Crippen molar-refractivity contribution < 1.29 is 8.42 Å². The van der Waals surface area contributed by atoms with Gasteiger partial charge < -0.3 is 0 Å². The van der Waals surface area contributed by atoms with Crippen LogP contribution in [-0.4, -0.2) is 18.6 Å². The highest BCUT2D eigenvalue weighted by Gasteiger charge is 2.18. The van der Waals surface area contributed by atoms with E-state index in [0.717, 1.165) is 10.8 Å². The van der Waals surface area contributed by atoms with Crippen LogP contribution in [0.2, 0.25) is 0 Å². The molecule has 0 spiro atoms. The molecule has 0 saturated heterocycles.